The van der Waals surface area contributed by atoms with E-state index < -0.39 is 0 Å². The van der Waals surface area contributed by atoms with Crippen molar-refractivity contribution in [3.05, 3.63) is 48.3 Å². The molecular weight excluding hydrogens is 314 g/mol. The minimum Gasteiger partial charge on any atom is -0.491 e. The number of ether oxygens (including phenoxy) is 1. The number of anilines is 2. The van der Waals surface area contributed by atoms with E-state index in [2.05, 4.69) is 15.6 Å². The molecule has 2 N–H and O–H groups in total. The summed E-state index contributed by atoms with van der Waals surface area (Å²) in [5, 5.41) is 6.36. The molecule has 0 bridgehead atoms. The van der Waals surface area contributed by atoms with E-state index in [9.17, 15) is 4.79 Å². The lowest BCUT2D eigenvalue weighted by atomic mass is 10.2. The number of nitrogens with zero attached hydrogens (tertiary/aromatic N) is 1. The molecule has 1 aromatic carbocycles. The predicted molar refractivity (Wildman–Crippen MR) is 100 cm³/mol. The Morgan fingerprint density at radius 1 is 1.12 bits per heavy atom. The molecule has 3 rings (SSSR count). The molecule has 1 aliphatic carbocycles. The Balaban J connectivity index is 1.62. The Hall–Kier alpha value is -2.56. The van der Waals surface area contributed by atoms with Crippen LogP contribution in [0.25, 0.3) is 0 Å². The predicted octanol–water partition coefficient (Wildman–Crippen LogP) is 4.48. The van der Waals surface area contributed by atoms with Gasteiger partial charge in [0.05, 0.1) is 17.4 Å². The maximum atomic E-state index is 12.5. The topological polar surface area (TPSA) is 63.2 Å². The van der Waals surface area contributed by atoms with Crippen LogP contribution in [0.2, 0.25) is 0 Å². The largest absolute Gasteiger partial charge is 0.491 e. The quantitative estimate of drug-likeness (QED) is 0.815. The Bertz CT molecular complexity index is 707. The lowest BCUT2D eigenvalue weighted by Gasteiger charge is -2.14. The highest BCUT2D eigenvalue weighted by molar-refractivity contribution is 6.04. The fourth-order valence-corrected chi connectivity index (χ4v) is 3.04. The molecule has 5 heteroatoms. The van der Waals surface area contributed by atoms with E-state index in [1.807, 2.05) is 44.2 Å². The SMILES string of the molecule is CC(C)Oc1ccc(NC(=O)c2cncc(NC3CCCC3)c2)cc1. The number of nitrogens with one attached hydrogen (secondary N) is 2. The van der Waals surface area contributed by atoms with Crippen molar-refractivity contribution < 1.29 is 9.53 Å². The molecule has 1 saturated carbocycles. The van der Waals surface area contributed by atoms with Crippen LogP contribution in [0.3, 0.4) is 0 Å². The molecule has 0 unspecified atom stereocenters. The molecule has 1 aromatic heterocycles. The van der Waals surface area contributed by atoms with Crippen molar-refractivity contribution in [3.63, 3.8) is 0 Å². The maximum Gasteiger partial charge on any atom is 0.257 e. The Labute approximate surface area is 148 Å². The molecule has 132 valence electrons. The second kappa shape index (κ2) is 8.01. The van der Waals surface area contributed by atoms with Gasteiger partial charge in [0, 0.05) is 24.1 Å². The second-order valence-electron chi connectivity index (χ2n) is 6.73. The standard InChI is InChI=1S/C20H25N3O2/c1-14(2)25-19-9-7-17(8-10-19)23-20(24)15-11-18(13-21-12-15)22-16-5-3-4-6-16/h7-14,16,22H,3-6H2,1-2H3,(H,23,24). The molecule has 0 saturated heterocycles. The van der Waals surface area contributed by atoms with Gasteiger partial charge in [0.15, 0.2) is 0 Å². The number of pyridine rings is 1. The van der Waals surface area contributed by atoms with E-state index in [4.69, 9.17) is 4.74 Å². The highest BCUT2D eigenvalue weighted by atomic mass is 16.5. The monoisotopic (exact) mass is 339 g/mol. The zero-order valence-corrected chi connectivity index (χ0v) is 14.8. The summed E-state index contributed by atoms with van der Waals surface area (Å²) in [5.74, 6) is 0.623. The van der Waals surface area contributed by atoms with Crippen LogP contribution in [0.1, 0.15) is 49.9 Å². The summed E-state index contributed by atoms with van der Waals surface area (Å²) in [5.41, 5.74) is 2.18. The smallest absolute Gasteiger partial charge is 0.257 e. The summed E-state index contributed by atoms with van der Waals surface area (Å²) >= 11 is 0. The van der Waals surface area contributed by atoms with Crippen LogP contribution in [-0.4, -0.2) is 23.0 Å². The van der Waals surface area contributed by atoms with Gasteiger partial charge in [0.1, 0.15) is 5.75 Å². The summed E-state index contributed by atoms with van der Waals surface area (Å²) in [4.78, 5) is 16.6. The van der Waals surface area contributed by atoms with Gasteiger partial charge in [0.2, 0.25) is 0 Å². The van der Waals surface area contributed by atoms with Crippen LogP contribution >= 0.6 is 0 Å². The van der Waals surface area contributed by atoms with Crippen molar-refractivity contribution in [2.45, 2.75) is 51.7 Å². The number of aromatic nitrogens is 1. The Morgan fingerprint density at radius 3 is 2.52 bits per heavy atom. The molecule has 1 amide bonds. The summed E-state index contributed by atoms with van der Waals surface area (Å²) < 4.78 is 5.61. The summed E-state index contributed by atoms with van der Waals surface area (Å²) in [6, 6.07) is 9.73. The molecule has 1 heterocycles. The molecule has 0 spiro atoms. The number of hydrogen-bond acceptors (Lipinski definition) is 4. The maximum absolute atomic E-state index is 12.5. The zero-order chi connectivity index (χ0) is 17.6. The van der Waals surface area contributed by atoms with Gasteiger partial charge < -0.3 is 15.4 Å². The lowest BCUT2D eigenvalue weighted by Crippen LogP contribution is -2.16. The van der Waals surface area contributed by atoms with Gasteiger partial charge in [-0.25, -0.2) is 0 Å². The third kappa shape index (κ3) is 4.95. The molecule has 0 aliphatic heterocycles. The first-order valence-corrected chi connectivity index (χ1v) is 8.90. The van der Waals surface area contributed by atoms with Gasteiger partial charge in [-0.05, 0) is 57.0 Å². The van der Waals surface area contributed by atoms with E-state index in [1.54, 1.807) is 12.4 Å². The number of carbonyl (C=O) groups excluding carboxylic acids is 1. The highest BCUT2D eigenvalue weighted by Crippen LogP contribution is 2.23. The van der Waals surface area contributed by atoms with Gasteiger partial charge >= 0.3 is 0 Å². The fourth-order valence-electron chi connectivity index (χ4n) is 3.04. The van der Waals surface area contributed by atoms with Gasteiger partial charge in [0.25, 0.3) is 5.91 Å². The van der Waals surface area contributed by atoms with Gasteiger partial charge in [-0.3, -0.25) is 9.78 Å². The highest BCUT2D eigenvalue weighted by Gasteiger charge is 2.15. The molecule has 5 nitrogen and oxygen atoms in total. The first-order valence-electron chi connectivity index (χ1n) is 8.90. The first-order chi connectivity index (χ1) is 12.1. The van der Waals surface area contributed by atoms with Crippen LogP contribution in [0.4, 0.5) is 11.4 Å². The molecule has 0 atom stereocenters. The number of carbonyl (C=O) groups is 1. The normalized spacial score (nSPS) is 14.5. The van der Waals surface area contributed by atoms with Crippen molar-refractivity contribution in [2.75, 3.05) is 10.6 Å². The van der Waals surface area contributed by atoms with Crippen LogP contribution in [-0.2, 0) is 0 Å². The van der Waals surface area contributed by atoms with Crippen molar-refractivity contribution in [1.82, 2.24) is 4.98 Å². The summed E-state index contributed by atoms with van der Waals surface area (Å²) in [7, 11) is 0. The van der Waals surface area contributed by atoms with Crippen molar-refractivity contribution in [1.29, 1.82) is 0 Å². The van der Waals surface area contributed by atoms with Gasteiger partial charge in [-0.2, -0.15) is 0 Å². The fraction of sp³-hybridized carbons (Fsp3) is 0.400. The number of hydrogen-bond donors (Lipinski definition) is 2. The number of rotatable bonds is 6. The number of benzene rings is 1. The molecular formula is C20H25N3O2. The first kappa shape index (κ1) is 17.3. The van der Waals surface area contributed by atoms with Crippen molar-refractivity contribution in [2.24, 2.45) is 0 Å². The van der Waals surface area contributed by atoms with Crippen LogP contribution in [0, 0.1) is 0 Å². The lowest BCUT2D eigenvalue weighted by molar-refractivity contribution is 0.102. The minimum absolute atomic E-state index is 0.127. The molecule has 1 fully saturated rings. The molecule has 25 heavy (non-hydrogen) atoms. The van der Waals surface area contributed by atoms with Crippen LogP contribution < -0.4 is 15.4 Å². The van der Waals surface area contributed by atoms with E-state index in [1.165, 1.54) is 25.7 Å². The van der Waals surface area contributed by atoms with Crippen molar-refractivity contribution in [3.8, 4) is 5.75 Å². The van der Waals surface area contributed by atoms with Crippen LogP contribution in [0.15, 0.2) is 42.7 Å². The summed E-state index contributed by atoms with van der Waals surface area (Å²) in [6.45, 7) is 3.96. The molecule has 0 radical (unpaired) electrons. The Morgan fingerprint density at radius 2 is 1.84 bits per heavy atom. The van der Waals surface area contributed by atoms with Crippen LogP contribution in [0.5, 0.6) is 5.75 Å². The van der Waals surface area contributed by atoms with E-state index in [0.717, 1.165) is 17.1 Å². The third-order valence-electron chi connectivity index (χ3n) is 4.21. The molecule has 2 aromatic rings. The van der Waals surface area contributed by atoms with Gasteiger partial charge in [-0.15, -0.1) is 0 Å². The third-order valence-corrected chi connectivity index (χ3v) is 4.21. The minimum atomic E-state index is -0.167. The zero-order valence-electron chi connectivity index (χ0n) is 14.8. The van der Waals surface area contributed by atoms with Crippen molar-refractivity contribution >= 4 is 17.3 Å². The second-order valence-corrected chi connectivity index (χ2v) is 6.73. The Kier molecular flexibility index (Phi) is 5.53. The molecule has 1 aliphatic rings. The average Bonchev–Trinajstić information content (AvgIpc) is 3.09. The van der Waals surface area contributed by atoms with Gasteiger partial charge in [-0.1, -0.05) is 12.8 Å². The summed E-state index contributed by atoms with van der Waals surface area (Å²) in [6.07, 6.45) is 8.38. The van der Waals surface area contributed by atoms with E-state index in [0.29, 0.717) is 11.6 Å². The average molecular weight is 339 g/mol. The number of amides is 1. The van der Waals surface area contributed by atoms with E-state index >= 15 is 0 Å². The van der Waals surface area contributed by atoms with E-state index in [-0.39, 0.29) is 12.0 Å².